The first-order valence-corrected chi connectivity index (χ1v) is 4.29. The zero-order chi connectivity index (χ0) is 8.32. The Morgan fingerprint density at radius 2 is 2.00 bits per heavy atom. The van der Waals surface area contributed by atoms with Crippen molar-refractivity contribution in [3.8, 4) is 6.19 Å². The number of rotatable bonds is 0. The van der Waals surface area contributed by atoms with Crippen molar-refractivity contribution in [3.05, 3.63) is 0 Å². The third-order valence-electron chi connectivity index (χ3n) is 2.48. The van der Waals surface area contributed by atoms with Crippen molar-refractivity contribution in [3.63, 3.8) is 0 Å². The predicted molar refractivity (Wildman–Crippen MR) is 44.8 cm³/mol. The molecule has 2 heteroatoms. The third kappa shape index (κ3) is 2.42. The molecule has 11 heavy (non-hydrogen) atoms. The zero-order valence-corrected chi connectivity index (χ0v) is 7.43. The number of hydrogen-bond acceptors (Lipinski definition) is 2. The highest BCUT2D eigenvalue weighted by Gasteiger charge is 2.22. The molecule has 0 spiro atoms. The summed E-state index contributed by atoms with van der Waals surface area (Å²) in [5, 5.41) is 8.66. The first kappa shape index (κ1) is 8.39. The Balaban J connectivity index is 2.47. The Bertz CT molecular complexity index is 167. The van der Waals surface area contributed by atoms with Crippen LogP contribution in [0.2, 0.25) is 0 Å². The summed E-state index contributed by atoms with van der Waals surface area (Å²) >= 11 is 0. The van der Waals surface area contributed by atoms with E-state index < -0.39 is 0 Å². The second-order valence-corrected chi connectivity index (χ2v) is 4.10. The van der Waals surface area contributed by atoms with E-state index in [1.807, 2.05) is 4.90 Å². The molecule has 0 aromatic rings. The zero-order valence-electron chi connectivity index (χ0n) is 7.43. The van der Waals surface area contributed by atoms with Gasteiger partial charge in [0.1, 0.15) is 0 Å². The van der Waals surface area contributed by atoms with Crippen LogP contribution in [0.25, 0.3) is 0 Å². The minimum atomic E-state index is 0.450. The van der Waals surface area contributed by atoms with Gasteiger partial charge in [0.2, 0.25) is 0 Å². The molecule has 62 valence electrons. The van der Waals surface area contributed by atoms with E-state index in [0.717, 1.165) is 19.5 Å². The minimum Gasteiger partial charge on any atom is -0.311 e. The van der Waals surface area contributed by atoms with Crippen LogP contribution in [0, 0.1) is 16.9 Å². The summed E-state index contributed by atoms with van der Waals surface area (Å²) in [7, 11) is 0. The van der Waals surface area contributed by atoms with Gasteiger partial charge in [-0.1, -0.05) is 13.8 Å². The number of hydrogen-bond donors (Lipinski definition) is 0. The van der Waals surface area contributed by atoms with Crippen LogP contribution in [0.15, 0.2) is 0 Å². The van der Waals surface area contributed by atoms with Gasteiger partial charge >= 0.3 is 0 Å². The maximum atomic E-state index is 8.66. The number of nitrogens with zero attached hydrogens (tertiary/aromatic N) is 2. The summed E-state index contributed by atoms with van der Waals surface area (Å²) < 4.78 is 0. The van der Waals surface area contributed by atoms with Crippen molar-refractivity contribution in [2.75, 3.05) is 13.1 Å². The van der Waals surface area contributed by atoms with E-state index in [2.05, 4.69) is 20.0 Å². The van der Waals surface area contributed by atoms with Gasteiger partial charge in [-0.15, -0.1) is 0 Å². The molecule has 0 atom stereocenters. The monoisotopic (exact) mass is 152 g/mol. The highest BCUT2D eigenvalue weighted by molar-refractivity contribution is 4.81. The lowest BCUT2D eigenvalue weighted by atomic mass is 9.85. The number of nitriles is 1. The fourth-order valence-corrected chi connectivity index (χ4v) is 1.52. The molecule has 0 saturated carbocycles. The second kappa shape index (κ2) is 3.13. The standard InChI is InChI=1S/C9H16N2/c1-9(2)4-3-6-11(8-10)7-5-9/h3-7H2,1-2H3. The quantitative estimate of drug-likeness (QED) is 0.496. The van der Waals surface area contributed by atoms with E-state index in [9.17, 15) is 0 Å². The van der Waals surface area contributed by atoms with Crippen molar-refractivity contribution in [1.82, 2.24) is 4.90 Å². The Labute approximate surface area is 68.8 Å². The molecule has 0 radical (unpaired) electrons. The van der Waals surface area contributed by atoms with Gasteiger partial charge in [-0.25, -0.2) is 0 Å². The summed E-state index contributed by atoms with van der Waals surface area (Å²) in [5.41, 5.74) is 0.450. The van der Waals surface area contributed by atoms with Crippen molar-refractivity contribution < 1.29 is 0 Å². The highest BCUT2D eigenvalue weighted by Crippen LogP contribution is 2.29. The molecule has 1 fully saturated rings. The van der Waals surface area contributed by atoms with Crippen LogP contribution in [-0.2, 0) is 0 Å². The summed E-state index contributed by atoms with van der Waals surface area (Å²) in [5.74, 6) is 0. The molecule has 0 amide bonds. The topological polar surface area (TPSA) is 27.0 Å². The maximum absolute atomic E-state index is 8.66. The van der Waals surface area contributed by atoms with Crippen LogP contribution in [0.5, 0.6) is 0 Å². The summed E-state index contributed by atoms with van der Waals surface area (Å²) in [4.78, 5) is 1.87. The van der Waals surface area contributed by atoms with Gasteiger partial charge in [0.25, 0.3) is 0 Å². The molecule has 1 heterocycles. The van der Waals surface area contributed by atoms with Crippen LogP contribution >= 0.6 is 0 Å². The van der Waals surface area contributed by atoms with E-state index in [-0.39, 0.29) is 0 Å². The van der Waals surface area contributed by atoms with E-state index in [1.54, 1.807) is 0 Å². The summed E-state index contributed by atoms with van der Waals surface area (Å²) in [6, 6.07) is 0. The van der Waals surface area contributed by atoms with Gasteiger partial charge in [0.05, 0.1) is 0 Å². The fraction of sp³-hybridized carbons (Fsp3) is 0.889. The fourth-order valence-electron chi connectivity index (χ4n) is 1.52. The largest absolute Gasteiger partial charge is 0.311 e. The number of likely N-dealkylation sites (tertiary alicyclic amines) is 1. The molecule has 2 nitrogen and oxygen atoms in total. The lowest BCUT2D eigenvalue weighted by molar-refractivity contribution is 0.310. The lowest BCUT2D eigenvalue weighted by Crippen LogP contribution is -2.19. The molecular formula is C9H16N2. The SMILES string of the molecule is CC1(C)CCCN(C#N)CC1. The molecular weight excluding hydrogens is 136 g/mol. The first-order valence-electron chi connectivity index (χ1n) is 4.29. The molecule has 1 saturated heterocycles. The highest BCUT2D eigenvalue weighted by atomic mass is 15.1. The van der Waals surface area contributed by atoms with Crippen LogP contribution < -0.4 is 0 Å². The average molecular weight is 152 g/mol. The van der Waals surface area contributed by atoms with Gasteiger partial charge in [-0.2, -0.15) is 5.26 Å². The molecule has 0 N–H and O–H groups in total. The first-order chi connectivity index (χ1) is 5.14. The van der Waals surface area contributed by atoms with E-state index in [0.29, 0.717) is 5.41 Å². The van der Waals surface area contributed by atoms with E-state index in [4.69, 9.17) is 5.26 Å². The molecule has 0 aromatic carbocycles. The van der Waals surface area contributed by atoms with Gasteiger partial charge < -0.3 is 4.90 Å². The van der Waals surface area contributed by atoms with Crippen LogP contribution in [0.4, 0.5) is 0 Å². The van der Waals surface area contributed by atoms with Crippen LogP contribution in [-0.4, -0.2) is 18.0 Å². The Kier molecular flexibility index (Phi) is 2.38. The molecule has 0 aliphatic carbocycles. The molecule has 0 unspecified atom stereocenters. The maximum Gasteiger partial charge on any atom is 0.179 e. The molecule has 1 aliphatic heterocycles. The average Bonchev–Trinajstić information content (AvgIpc) is 2.10. The van der Waals surface area contributed by atoms with E-state index >= 15 is 0 Å². The molecule has 1 aliphatic rings. The second-order valence-electron chi connectivity index (χ2n) is 4.10. The predicted octanol–water partition coefficient (Wildman–Crippen LogP) is 1.98. The molecule has 0 aromatic heterocycles. The summed E-state index contributed by atoms with van der Waals surface area (Å²) in [6.07, 6.45) is 5.79. The van der Waals surface area contributed by atoms with Crippen molar-refractivity contribution in [1.29, 1.82) is 5.26 Å². The van der Waals surface area contributed by atoms with Crippen LogP contribution in [0.3, 0.4) is 0 Å². The Morgan fingerprint density at radius 1 is 1.27 bits per heavy atom. The van der Waals surface area contributed by atoms with Crippen LogP contribution in [0.1, 0.15) is 33.1 Å². The van der Waals surface area contributed by atoms with E-state index in [1.165, 1.54) is 12.8 Å². The molecule has 1 rings (SSSR count). The van der Waals surface area contributed by atoms with Crippen molar-refractivity contribution >= 4 is 0 Å². The minimum absolute atomic E-state index is 0.450. The Morgan fingerprint density at radius 3 is 2.64 bits per heavy atom. The van der Waals surface area contributed by atoms with Gasteiger partial charge in [-0.05, 0) is 24.7 Å². The van der Waals surface area contributed by atoms with Gasteiger partial charge in [-0.3, -0.25) is 0 Å². The third-order valence-corrected chi connectivity index (χ3v) is 2.48. The Hall–Kier alpha value is -0.710. The molecule has 0 bridgehead atoms. The van der Waals surface area contributed by atoms with Crippen molar-refractivity contribution in [2.24, 2.45) is 5.41 Å². The summed E-state index contributed by atoms with van der Waals surface area (Å²) in [6.45, 7) is 6.48. The van der Waals surface area contributed by atoms with Gasteiger partial charge in [0, 0.05) is 13.1 Å². The van der Waals surface area contributed by atoms with Crippen molar-refractivity contribution in [2.45, 2.75) is 33.1 Å². The van der Waals surface area contributed by atoms with Gasteiger partial charge in [0.15, 0.2) is 6.19 Å². The smallest absolute Gasteiger partial charge is 0.179 e. The normalized spacial score (nSPS) is 23.9. The lowest BCUT2D eigenvalue weighted by Gasteiger charge is -2.21.